The fourth-order valence-electron chi connectivity index (χ4n) is 10.7. The maximum absolute atomic E-state index is 4.69. The van der Waals surface area contributed by atoms with E-state index in [0.29, 0.717) is 0 Å². The highest BCUT2D eigenvalue weighted by Crippen LogP contribution is 2.40. The minimum Gasteiger partial charge on any atom is -0.0996 e. The minimum atomic E-state index is 0. The molecular weight excluding hydrogens is 673 g/mol. The van der Waals surface area contributed by atoms with Crippen LogP contribution in [-0.2, 0) is 0 Å². The first-order valence-electron chi connectivity index (χ1n) is 26.8. The number of hydrogen-bond donors (Lipinski definition) is 0. The van der Waals surface area contributed by atoms with Gasteiger partial charge in [0, 0.05) is 1.43 Å². The first kappa shape index (κ1) is 53.5. The summed E-state index contributed by atoms with van der Waals surface area (Å²) in [4.78, 5) is 0. The Labute approximate surface area is 358 Å². The van der Waals surface area contributed by atoms with Crippen molar-refractivity contribution in [3.8, 4) is 0 Å². The average molecular weight is 783 g/mol. The fraction of sp³-hybridized carbons (Fsp3) is 0.929. The Hall–Kier alpha value is -0.520. The van der Waals surface area contributed by atoms with E-state index in [1.807, 2.05) is 0 Å². The summed E-state index contributed by atoms with van der Waals surface area (Å²) in [6, 6.07) is 0. The molecule has 0 nitrogen and oxygen atoms in total. The number of allylic oxidation sites excluding steroid dienone is 2. The first-order chi connectivity index (χ1) is 27.5. The third kappa shape index (κ3) is 29.7. The van der Waals surface area contributed by atoms with Crippen LogP contribution in [0.15, 0.2) is 24.3 Å². The standard InChI is InChI=1S/C56H108.H2/c1-8-12-16-20-26-34-45-53(43-32-18-14-10-3)50(5)40-30-24-22-28-36-47-55(56-49-39-38-42-52(56)7)48-37-29-23-25-31-41-51(6)54(44-33-19-15-11-4)46-35-27-21-17-13-9-2;/h52-56H,5-6,8-49H2,1-4,7H3;1H. The molecule has 0 amide bonds. The van der Waals surface area contributed by atoms with Gasteiger partial charge < -0.3 is 0 Å². The quantitative estimate of drug-likeness (QED) is 0.0427. The highest BCUT2D eigenvalue weighted by molar-refractivity contribution is 5.01. The van der Waals surface area contributed by atoms with E-state index in [1.54, 1.807) is 11.1 Å². The van der Waals surface area contributed by atoms with E-state index < -0.39 is 0 Å². The maximum Gasteiger partial charge on any atom is 0 e. The van der Waals surface area contributed by atoms with E-state index in [-0.39, 0.29) is 1.43 Å². The van der Waals surface area contributed by atoms with Crippen molar-refractivity contribution in [3.05, 3.63) is 24.3 Å². The number of unbranched alkanes of at least 4 members (excludes halogenated alkanes) is 24. The second-order valence-corrected chi connectivity index (χ2v) is 19.8. The predicted molar refractivity (Wildman–Crippen MR) is 260 cm³/mol. The van der Waals surface area contributed by atoms with Gasteiger partial charge in [0.05, 0.1) is 0 Å². The molecule has 0 bridgehead atoms. The highest BCUT2D eigenvalue weighted by atomic mass is 14.3. The molecule has 0 aliphatic heterocycles. The maximum atomic E-state index is 4.69. The molecule has 0 heteroatoms. The van der Waals surface area contributed by atoms with Gasteiger partial charge in [-0.15, -0.1) is 0 Å². The van der Waals surface area contributed by atoms with Crippen molar-refractivity contribution in [1.82, 2.24) is 0 Å². The summed E-state index contributed by atoms with van der Waals surface area (Å²) in [5, 5.41) is 0. The van der Waals surface area contributed by atoms with E-state index in [4.69, 9.17) is 13.2 Å². The van der Waals surface area contributed by atoms with Gasteiger partial charge in [-0.3, -0.25) is 0 Å². The Morgan fingerprint density at radius 3 is 1.04 bits per heavy atom. The zero-order valence-electron chi connectivity index (χ0n) is 40.0. The largest absolute Gasteiger partial charge is 0.0996 e. The van der Waals surface area contributed by atoms with Crippen LogP contribution in [0.4, 0.5) is 0 Å². The summed E-state index contributed by atoms with van der Waals surface area (Å²) in [7, 11) is 0. The van der Waals surface area contributed by atoms with Crippen LogP contribution in [0.5, 0.6) is 0 Å². The van der Waals surface area contributed by atoms with Gasteiger partial charge in [0.25, 0.3) is 0 Å². The molecule has 1 aliphatic carbocycles. The molecule has 0 spiro atoms. The van der Waals surface area contributed by atoms with Crippen molar-refractivity contribution in [2.45, 2.75) is 304 Å². The Morgan fingerprint density at radius 1 is 0.393 bits per heavy atom. The lowest BCUT2D eigenvalue weighted by molar-refractivity contribution is 0.152. The van der Waals surface area contributed by atoms with Crippen molar-refractivity contribution in [3.63, 3.8) is 0 Å². The van der Waals surface area contributed by atoms with Crippen molar-refractivity contribution < 1.29 is 1.43 Å². The van der Waals surface area contributed by atoms with Gasteiger partial charge in [-0.2, -0.15) is 0 Å². The number of rotatable bonds is 43. The highest BCUT2D eigenvalue weighted by Gasteiger charge is 2.28. The SMILES string of the molecule is C=C(CCCCCCCC(CCCCCCCC(=C)C(CCCCCC)CCCCCCCC)C1CCCCC1C)C(CCCCCC)CCCCCCCC.[HH]. The monoisotopic (exact) mass is 783 g/mol. The van der Waals surface area contributed by atoms with E-state index in [9.17, 15) is 0 Å². The van der Waals surface area contributed by atoms with Crippen LogP contribution in [0, 0.1) is 29.6 Å². The van der Waals surface area contributed by atoms with Gasteiger partial charge in [0.15, 0.2) is 0 Å². The molecule has 0 radical (unpaired) electrons. The molecule has 0 aromatic rings. The number of hydrogen-bond acceptors (Lipinski definition) is 0. The van der Waals surface area contributed by atoms with Crippen LogP contribution >= 0.6 is 0 Å². The van der Waals surface area contributed by atoms with Gasteiger partial charge >= 0.3 is 0 Å². The molecule has 0 N–H and O–H groups in total. The van der Waals surface area contributed by atoms with Crippen LogP contribution in [-0.4, -0.2) is 0 Å². The third-order valence-electron chi connectivity index (χ3n) is 14.7. The van der Waals surface area contributed by atoms with Crippen molar-refractivity contribution in [2.75, 3.05) is 0 Å². The van der Waals surface area contributed by atoms with E-state index in [1.165, 1.54) is 270 Å². The van der Waals surface area contributed by atoms with Gasteiger partial charge in [-0.05, 0) is 87.4 Å². The zero-order chi connectivity index (χ0) is 40.7. The lowest BCUT2D eigenvalue weighted by Crippen LogP contribution is -2.25. The molecule has 56 heavy (non-hydrogen) atoms. The summed E-state index contributed by atoms with van der Waals surface area (Å²) in [6.07, 6.45) is 59.9. The van der Waals surface area contributed by atoms with Gasteiger partial charge in [0.2, 0.25) is 0 Å². The molecule has 334 valence electrons. The molecule has 1 saturated carbocycles. The summed E-state index contributed by atoms with van der Waals surface area (Å²) in [5.74, 6) is 4.57. The summed E-state index contributed by atoms with van der Waals surface area (Å²) >= 11 is 0. The lowest BCUT2D eigenvalue weighted by atomic mass is 9.70. The molecule has 0 aromatic heterocycles. The molecular formula is C56H110. The Bertz CT molecular complexity index is 784. The molecule has 0 heterocycles. The van der Waals surface area contributed by atoms with Crippen molar-refractivity contribution >= 4 is 0 Å². The van der Waals surface area contributed by atoms with Gasteiger partial charge in [0.1, 0.15) is 0 Å². The van der Waals surface area contributed by atoms with Crippen molar-refractivity contribution in [2.24, 2.45) is 29.6 Å². The third-order valence-corrected chi connectivity index (χ3v) is 14.7. The predicted octanol–water partition coefficient (Wildman–Crippen LogP) is 20.9. The summed E-state index contributed by atoms with van der Waals surface area (Å²) < 4.78 is 0. The Morgan fingerprint density at radius 2 is 0.679 bits per heavy atom. The Kier molecular flexibility index (Phi) is 38.1. The van der Waals surface area contributed by atoms with Crippen LogP contribution in [0.2, 0.25) is 0 Å². The van der Waals surface area contributed by atoms with Crippen LogP contribution in [0.1, 0.15) is 306 Å². The second kappa shape index (κ2) is 39.9. The summed E-state index contributed by atoms with van der Waals surface area (Å²) in [5.41, 5.74) is 3.22. The molecule has 4 unspecified atom stereocenters. The van der Waals surface area contributed by atoms with E-state index >= 15 is 0 Å². The topological polar surface area (TPSA) is 0 Å². The van der Waals surface area contributed by atoms with Crippen LogP contribution in [0.3, 0.4) is 0 Å². The van der Waals surface area contributed by atoms with Crippen molar-refractivity contribution in [1.29, 1.82) is 0 Å². The van der Waals surface area contributed by atoms with E-state index in [2.05, 4.69) is 34.6 Å². The molecule has 4 atom stereocenters. The van der Waals surface area contributed by atoms with E-state index in [0.717, 1.165) is 29.6 Å². The average Bonchev–Trinajstić information content (AvgIpc) is 3.20. The minimum absolute atomic E-state index is 0. The Balaban J connectivity index is 0.0000314. The molecule has 1 rings (SSSR count). The molecule has 1 fully saturated rings. The second-order valence-electron chi connectivity index (χ2n) is 19.8. The smallest absolute Gasteiger partial charge is 0 e. The molecule has 0 saturated heterocycles. The zero-order valence-corrected chi connectivity index (χ0v) is 40.0. The van der Waals surface area contributed by atoms with Gasteiger partial charge in [-0.1, -0.05) is 271 Å². The van der Waals surface area contributed by atoms with Crippen LogP contribution in [0.25, 0.3) is 0 Å². The lowest BCUT2D eigenvalue weighted by Gasteiger charge is -2.36. The fourth-order valence-corrected chi connectivity index (χ4v) is 10.7. The van der Waals surface area contributed by atoms with Gasteiger partial charge in [-0.25, -0.2) is 0 Å². The molecule has 0 aromatic carbocycles. The molecule has 1 aliphatic rings. The van der Waals surface area contributed by atoms with Crippen LogP contribution < -0.4 is 0 Å². The first-order valence-corrected chi connectivity index (χ1v) is 26.8. The summed E-state index contributed by atoms with van der Waals surface area (Å²) in [6.45, 7) is 21.3. The normalized spacial score (nSPS) is 17.6.